The largest absolute Gasteiger partial charge is 0.494 e. The van der Waals surface area contributed by atoms with E-state index in [2.05, 4.69) is 24.1 Å². The molecule has 0 unspecified atom stereocenters. The molecule has 0 aliphatic rings. The Balaban J connectivity index is 2.69. The number of nitrogens with one attached hydrogen (secondary N) is 1. The van der Waals surface area contributed by atoms with Crippen LogP contribution in [0.4, 0.5) is 10.1 Å². The van der Waals surface area contributed by atoms with E-state index in [4.69, 9.17) is 4.74 Å². The van der Waals surface area contributed by atoms with Gasteiger partial charge in [0.2, 0.25) is 0 Å². The van der Waals surface area contributed by atoms with Crippen LogP contribution in [0.5, 0.6) is 5.75 Å². The zero-order chi connectivity index (χ0) is 14.0. The summed E-state index contributed by atoms with van der Waals surface area (Å²) in [6.07, 6.45) is 0.880. The van der Waals surface area contributed by atoms with Crippen molar-refractivity contribution in [3.63, 3.8) is 0 Å². The number of methoxy groups -OCH3 is 1. The fraction of sp³-hybridized carbons (Fsp3) is 0.400. The topological polar surface area (TPSA) is 34.2 Å². The quantitative estimate of drug-likeness (QED) is 0.913. The standard InChI is InChI=1S/C15H19FN2O/c1-9(2)5-11-8-13(17-3)12-6-10(16)7-14(19-4)15(12)18-11/h6-9H,5H2,1-4H3,(H,17,18). The number of pyridine rings is 1. The van der Waals surface area contributed by atoms with Crippen LogP contribution in [0.2, 0.25) is 0 Å². The molecule has 2 aromatic rings. The normalized spacial score (nSPS) is 11.1. The van der Waals surface area contributed by atoms with Crippen LogP contribution < -0.4 is 10.1 Å². The van der Waals surface area contributed by atoms with Crippen LogP contribution in [-0.2, 0) is 6.42 Å². The summed E-state index contributed by atoms with van der Waals surface area (Å²) in [7, 11) is 3.36. The maximum absolute atomic E-state index is 13.6. The molecule has 102 valence electrons. The number of halogens is 1. The van der Waals surface area contributed by atoms with Gasteiger partial charge in [0, 0.05) is 29.9 Å². The van der Waals surface area contributed by atoms with Crippen LogP contribution in [0.3, 0.4) is 0 Å². The van der Waals surface area contributed by atoms with Crippen LogP contribution in [-0.4, -0.2) is 19.1 Å². The lowest BCUT2D eigenvalue weighted by Crippen LogP contribution is -2.02. The van der Waals surface area contributed by atoms with E-state index >= 15 is 0 Å². The monoisotopic (exact) mass is 262 g/mol. The van der Waals surface area contributed by atoms with Gasteiger partial charge in [-0.2, -0.15) is 0 Å². The zero-order valence-corrected chi connectivity index (χ0v) is 11.7. The van der Waals surface area contributed by atoms with Gasteiger partial charge in [0.25, 0.3) is 0 Å². The van der Waals surface area contributed by atoms with Gasteiger partial charge in [-0.3, -0.25) is 0 Å². The molecule has 0 atom stereocenters. The second-order valence-corrected chi connectivity index (χ2v) is 5.01. The van der Waals surface area contributed by atoms with E-state index < -0.39 is 0 Å². The Bertz CT molecular complexity index is 596. The third-order valence-electron chi connectivity index (χ3n) is 3.00. The number of hydrogen-bond acceptors (Lipinski definition) is 3. The maximum Gasteiger partial charge on any atom is 0.148 e. The molecule has 1 heterocycles. The predicted octanol–water partition coefficient (Wildman–Crippen LogP) is 3.62. The first kappa shape index (κ1) is 13.6. The number of fused-ring (bicyclic) bond motifs is 1. The zero-order valence-electron chi connectivity index (χ0n) is 11.7. The van der Waals surface area contributed by atoms with Gasteiger partial charge in [-0.05, 0) is 24.5 Å². The van der Waals surface area contributed by atoms with E-state index in [0.717, 1.165) is 23.2 Å². The van der Waals surface area contributed by atoms with Gasteiger partial charge in [0.15, 0.2) is 0 Å². The molecule has 0 fully saturated rings. The predicted molar refractivity (Wildman–Crippen MR) is 76.3 cm³/mol. The molecule has 3 nitrogen and oxygen atoms in total. The van der Waals surface area contributed by atoms with Crippen LogP contribution >= 0.6 is 0 Å². The summed E-state index contributed by atoms with van der Waals surface area (Å²) in [5.74, 6) is 0.664. The summed E-state index contributed by atoms with van der Waals surface area (Å²) in [5, 5.41) is 3.84. The van der Waals surface area contributed by atoms with Gasteiger partial charge in [0.05, 0.1) is 7.11 Å². The molecule has 0 saturated carbocycles. The lowest BCUT2D eigenvalue weighted by molar-refractivity contribution is 0.415. The summed E-state index contributed by atoms with van der Waals surface area (Å²) in [6.45, 7) is 4.29. The van der Waals surface area contributed by atoms with Crippen molar-refractivity contribution in [3.8, 4) is 5.75 Å². The van der Waals surface area contributed by atoms with Gasteiger partial charge in [0.1, 0.15) is 17.1 Å². The summed E-state index contributed by atoms with van der Waals surface area (Å²) in [4.78, 5) is 4.60. The van der Waals surface area contributed by atoms with Crippen LogP contribution in [0.15, 0.2) is 18.2 Å². The number of hydrogen-bond donors (Lipinski definition) is 1. The van der Waals surface area contributed by atoms with Gasteiger partial charge < -0.3 is 10.1 Å². The molecular formula is C15H19FN2O. The van der Waals surface area contributed by atoms with E-state index in [1.165, 1.54) is 19.2 Å². The van der Waals surface area contributed by atoms with E-state index in [-0.39, 0.29) is 5.82 Å². The smallest absolute Gasteiger partial charge is 0.148 e. The van der Waals surface area contributed by atoms with Gasteiger partial charge in [-0.1, -0.05) is 13.8 Å². The SMILES string of the molecule is CNc1cc(CC(C)C)nc2c(OC)cc(F)cc12. The number of nitrogens with zero attached hydrogens (tertiary/aromatic N) is 1. The highest BCUT2D eigenvalue weighted by molar-refractivity contribution is 5.95. The minimum Gasteiger partial charge on any atom is -0.494 e. The van der Waals surface area contributed by atoms with Gasteiger partial charge in [-0.25, -0.2) is 9.37 Å². The van der Waals surface area contributed by atoms with Gasteiger partial charge in [-0.15, -0.1) is 0 Å². The summed E-state index contributed by atoms with van der Waals surface area (Å²) in [6, 6.07) is 4.82. The second kappa shape index (κ2) is 5.43. The van der Waals surface area contributed by atoms with E-state index in [9.17, 15) is 4.39 Å². The molecule has 0 saturated heterocycles. The maximum atomic E-state index is 13.6. The molecule has 2 rings (SSSR count). The number of anilines is 1. The summed E-state index contributed by atoms with van der Waals surface area (Å²) in [5.41, 5.74) is 2.56. The van der Waals surface area contributed by atoms with Crippen molar-refractivity contribution in [1.29, 1.82) is 0 Å². The Morgan fingerprint density at radius 2 is 2.05 bits per heavy atom. The van der Waals surface area contributed by atoms with Crippen molar-refractivity contribution in [2.75, 3.05) is 19.5 Å². The Labute approximate surface area is 112 Å². The van der Waals surface area contributed by atoms with Crippen molar-refractivity contribution in [1.82, 2.24) is 4.98 Å². The molecule has 0 bridgehead atoms. The summed E-state index contributed by atoms with van der Waals surface area (Å²) >= 11 is 0. The molecule has 19 heavy (non-hydrogen) atoms. The molecule has 0 radical (unpaired) electrons. The fourth-order valence-electron chi connectivity index (χ4n) is 2.20. The molecule has 0 aliphatic carbocycles. The number of aromatic nitrogens is 1. The third kappa shape index (κ3) is 2.78. The van der Waals surface area contributed by atoms with E-state index in [0.29, 0.717) is 17.2 Å². The van der Waals surface area contributed by atoms with Crippen molar-refractivity contribution < 1.29 is 9.13 Å². The molecule has 0 spiro atoms. The molecule has 1 aromatic carbocycles. The van der Waals surface area contributed by atoms with Crippen molar-refractivity contribution in [3.05, 3.63) is 29.7 Å². The first-order valence-electron chi connectivity index (χ1n) is 6.40. The van der Waals surface area contributed by atoms with Crippen molar-refractivity contribution in [2.45, 2.75) is 20.3 Å². The number of benzene rings is 1. The average Bonchev–Trinajstić information content (AvgIpc) is 2.36. The number of ether oxygens (including phenoxy) is 1. The Morgan fingerprint density at radius 1 is 1.32 bits per heavy atom. The lowest BCUT2D eigenvalue weighted by atomic mass is 10.0. The highest BCUT2D eigenvalue weighted by atomic mass is 19.1. The number of rotatable bonds is 4. The third-order valence-corrected chi connectivity index (χ3v) is 3.00. The first-order chi connectivity index (χ1) is 9.05. The van der Waals surface area contributed by atoms with E-state index in [1.54, 1.807) is 0 Å². The van der Waals surface area contributed by atoms with Crippen molar-refractivity contribution >= 4 is 16.6 Å². The molecule has 1 aromatic heterocycles. The van der Waals surface area contributed by atoms with Crippen LogP contribution in [0, 0.1) is 11.7 Å². The van der Waals surface area contributed by atoms with Crippen LogP contribution in [0.25, 0.3) is 10.9 Å². The Hall–Kier alpha value is -1.84. The second-order valence-electron chi connectivity index (χ2n) is 5.01. The Morgan fingerprint density at radius 3 is 2.63 bits per heavy atom. The molecule has 4 heteroatoms. The highest BCUT2D eigenvalue weighted by Crippen LogP contribution is 2.31. The molecule has 0 aliphatic heterocycles. The van der Waals surface area contributed by atoms with Gasteiger partial charge >= 0.3 is 0 Å². The van der Waals surface area contributed by atoms with Crippen LogP contribution in [0.1, 0.15) is 19.5 Å². The minimum absolute atomic E-state index is 0.320. The highest BCUT2D eigenvalue weighted by Gasteiger charge is 2.12. The average molecular weight is 262 g/mol. The molecule has 1 N–H and O–H groups in total. The minimum atomic E-state index is -0.320. The summed E-state index contributed by atoms with van der Waals surface area (Å²) < 4.78 is 18.8. The Kier molecular flexibility index (Phi) is 3.88. The first-order valence-corrected chi connectivity index (χ1v) is 6.40. The van der Waals surface area contributed by atoms with E-state index in [1.807, 2.05) is 13.1 Å². The fourth-order valence-corrected chi connectivity index (χ4v) is 2.20. The molecular weight excluding hydrogens is 243 g/mol. The lowest BCUT2D eigenvalue weighted by Gasteiger charge is -2.13. The molecule has 0 amide bonds. The van der Waals surface area contributed by atoms with Crippen molar-refractivity contribution in [2.24, 2.45) is 5.92 Å².